The first-order valence-electron chi connectivity index (χ1n) is 7.74. The number of benzene rings is 1. The SMILES string of the molecule is N#CCc1nccn1CC(=O)Nc1cccc(N2CCCC2=O)c1. The summed E-state index contributed by atoms with van der Waals surface area (Å²) in [5.41, 5.74) is 1.43. The molecule has 0 radical (unpaired) electrons. The summed E-state index contributed by atoms with van der Waals surface area (Å²) in [6, 6.07) is 9.28. The number of nitriles is 1. The van der Waals surface area contributed by atoms with Gasteiger partial charge in [0.25, 0.3) is 0 Å². The molecule has 1 aliphatic heterocycles. The highest BCUT2D eigenvalue weighted by molar-refractivity contribution is 5.97. The zero-order valence-electron chi connectivity index (χ0n) is 13.1. The molecule has 1 aliphatic rings. The number of rotatable bonds is 5. The van der Waals surface area contributed by atoms with Crippen molar-refractivity contribution in [2.24, 2.45) is 0 Å². The quantitative estimate of drug-likeness (QED) is 0.907. The lowest BCUT2D eigenvalue weighted by Crippen LogP contribution is -2.24. The van der Waals surface area contributed by atoms with Gasteiger partial charge >= 0.3 is 0 Å². The maximum absolute atomic E-state index is 12.2. The Labute approximate surface area is 139 Å². The average Bonchev–Trinajstić information content (AvgIpc) is 3.17. The predicted molar refractivity (Wildman–Crippen MR) is 88.2 cm³/mol. The van der Waals surface area contributed by atoms with Gasteiger partial charge in [-0.15, -0.1) is 0 Å². The Morgan fingerprint density at radius 1 is 1.42 bits per heavy atom. The van der Waals surface area contributed by atoms with Crippen LogP contribution in [0.4, 0.5) is 11.4 Å². The Balaban J connectivity index is 1.67. The molecule has 1 aromatic heterocycles. The second-order valence-corrected chi connectivity index (χ2v) is 5.55. The molecule has 1 saturated heterocycles. The van der Waals surface area contributed by atoms with E-state index in [2.05, 4.69) is 10.3 Å². The number of aromatic nitrogens is 2. The number of nitrogens with one attached hydrogen (secondary N) is 1. The maximum atomic E-state index is 12.2. The number of imidazole rings is 1. The Kier molecular flexibility index (Phi) is 4.57. The number of carbonyl (C=O) groups excluding carboxylic acids is 2. The summed E-state index contributed by atoms with van der Waals surface area (Å²) >= 11 is 0. The van der Waals surface area contributed by atoms with E-state index >= 15 is 0 Å². The molecular weight excluding hydrogens is 306 g/mol. The van der Waals surface area contributed by atoms with Crippen LogP contribution in [-0.4, -0.2) is 27.9 Å². The molecule has 7 heteroatoms. The van der Waals surface area contributed by atoms with Crippen LogP contribution >= 0.6 is 0 Å². The fourth-order valence-electron chi connectivity index (χ4n) is 2.75. The minimum absolute atomic E-state index is 0.0872. The molecule has 0 unspecified atom stereocenters. The first-order valence-corrected chi connectivity index (χ1v) is 7.74. The van der Waals surface area contributed by atoms with Crippen molar-refractivity contribution in [3.63, 3.8) is 0 Å². The number of carbonyl (C=O) groups is 2. The van der Waals surface area contributed by atoms with Gasteiger partial charge in [-0.2, -0.15) is 5.26 Å². The van der Waals surface area contributed by atoms with Crippen LogP contribution in [0.2, 0.25) is 0 Å². The van der Waals surface area contributed by atoms with E-state index in [9.17, 15) is 9.59 Å². The molecule has 0 aliphatic carbocycles. The zero-order valence-corrected chi connectivity index (χ0v) is 13.1. The third-order valence-corrected chi connectivity index (χ3v) is 3.87. The van der Waals surface area contributed by atoms with E-state index < -0.39 is 0 Å². The van der Waals surface area contributed by atoms with Crippen molar-refractivity contribution in [3.05, 3.63) is 42.5 Å². The van der Waals surface area contributed by atoms with Crippen molar-refractivity contribution in [2.45, 2.75) is 25.8 Å². The third-order valence-electron chi connectivity index (χ3n) is 3.87. The summed E-state index contributed by atoms with van der Waals surface area (Å²) in [5, 5.41) is 11.6. The molecule has 0 spiro atoms. The van der Waals surface area contributed by atoms with Crippen molar-refractivity contribution in [1.29, 1.82) is 5.26 Å². The van der Waals surface area contributed by atoms with Crippen molar-refractivity contribution in [3.8, 4) is 6.07 Å². The van der Waals surface area contributed by atoms with E-state index in [-0.39, 0.29) is 24.8 Å². The van der Waals surface area contributed by atoms with Crippen LogP contribution in [0.3, 0.4) is 0 Å². The van der Waals surface area contributed by atoms with Crippen LogP contribution < -0.4 is 10.2 Å². The summed E-state index contributed by atoms with van der Waals surface area (Å²) in [6.07, 6.45) is 4.83. The van der Waals surface area contributed by atoms with Gasteiger partial charge in [0.2, 0.25) is 11.8 Å². The summed E-state index contributed by atoms with van der Waals surface area (Å²) in [7, 11) is 0. The molecule has 24 heavy (non-hydrogen) atoms. The van der Waals surface area contributed by atoms with Crippen molar-refractivity contribution in [1.82, 2.24) is 9.55 Å². The largest absolute Gasteiger partial charge is 0.325 e. The third kappa shape index (κ3) is 3.43. The number of amides is 2. The first kappa shape index (κ1) is 15.7. The van der Waals surface area contributed by atoms with Crippen LogP contribution in [0.1, 0.15) is 18.7 Å². The molecule has 1 N–H and O–H groups in total. The summed E-state index contributed by atoms with van der Waals surface area (Å²) in [4.78, 5) is 29.8. The second-order valence-electron chi connectivity index (χ2n) is 5.55. The molecule has 122 valence electrons. The predicted octanol–water partition coefficient (Wildman–Crippen LogP) is 1.71. The van der Waals surface area contributed by atoms with E-state index in [4.69, 9.17) is 5.26 Å². The van der Waals surface area contributed by atoms with Gasteiger partial charge in [-0.3, -0.25) is 9.59 Å². The maximum Gasteiger partial charge on any atom is 0.244 e. The van der Waals surface area contributed by atoms with E-state index in [1.165, 1.54) is 0 Å². The summed E-state index contributed by atoms with van der Waals surface area (Å²) in [5.74, 6) is 0.458. The standard InChI is InChI=1S/C17H17N5O2/c18-7-6-15-19-8-10-21(15)12-16(23)20-13-3-1-4-14(11-13)22-9-2-5-17(22)24/h1,3-4,8,10-11H,2,5-6,9,12H2,(H,20,23). The molecule has 7 nitrogen and oxygen atoms in total. The Morgan fingerprint density at radius 3 is 3.04 bits per heavy atom. The average molecular weight is 323 g/mol. The fraction of sp³-hybridized carbons (Fsp3) is 0.294. The minimum Gasteiger partial charge on any atom is -0.325 e. The molecular formula is C17H17N5O2. The van der Waals surface area contributed by atoms with E-state index in [1.54, 1.807) is 34.0 Å². The number of anilines is 2. The molecule has 2 heterocycles. The molecule has 3 rings (SSSR count). The Morgan fingerprint density at radius 2 is 2.29 bits per heavy atom. The fourth-order valence-corrected chi connectivity index (χ4v) is 2.75. The van der Waals surface area contributed by atoms with Crippen LogP contribution in [0.5, 0.6) is 0 Å². The highest BCUT2D eigenvalue weighted by Gasteiger charge is 2.21. The summed E-state index contributed by atoms with van der Waals surface area (Å²) < 4.78 is 1.65. The van der Waals surface area contributed by atoms with Gasteiger partial charge in [-0.1, -0.05) is 6.07 Å². The molecule has 2 aromatic rings. The monoisotopic (exact) mass is 323 g/mol. The van der Waals surface area contributed by atoms with Gasteiger partial charge in [0.15, 0.2) is 0 Å². The Bertz CT molecular complexity index is 805. The highest BCUT2D eigenvalue weighted by Crippen LogP contribution is 2.24. The number of nitrogens with zero attached hydrogens (tertiary/aromatic N) is 4. The lowest BCUT2D eigenvalue weighted by atomic mass is 10.2. The van der Waals surface area contributed by atoms with Crippen LogP contribution in [-0.2, 0) is 22.6 Å². The van der Waals surface area contributed by atoms with Crippen LogP contribution in [0.25, 0.3) is 0 Å². The van der Waals surface area contributed by atoms with Gasteiger partial charge in [-0.25, -0.2) is 4.98 Å². The minimum atomic E-state index is -0.211. The van der Waals surface area contributed by atoms with E-state index in [0.717, 1.165) is 12.1 Å². The highest BCUT2D eigenvalue weighted by atomic mass is 16.2. The van der Waals surface area contributed by atoms with Gasteiger partial charge in [0.05, 0.1) is 12.5 Å². The molecule has 0 bridgehead atoms. The topological polar surface area (TPSA) is 91.0 Å². The smallest absolute Gasteiger partial charge is 0.244 e. The van der Waals surface area contributed by atoms with Crippen LogP contribution in [0.15, 0.2) is 36.7 Å². The van der Waals surface area contributed by atoms with Gasteiger partial charge in [-0.05, 0) is 24.6 Å². The zero-order chi connectivity index (χ0) is 16.9. The van der Waals surface area contributed by atoms with Crippen molar-refractivity contribution < 1.29 is 9.59 Å². The molecule has 2 amide bonds. The van der Waals surface area contributed by atoms with Gasteiger partial charge < -0.3 is 14.8 Å². The molecule has 0 saturated carbocycles. The van der Waals surface area contributed by atoms with Gasteiger partial charge in [0, 0.05) is 36.7 Å². The normalized spacial score (nSPS) is 13.8. The molecule has 1 aromatic carbocycles. The van der Waals surface area contributed by atoms with Crippen LogP contribution in [0, 0.1) is 11.3 Å². The summed E-state index contributed by atoms with van der Waals surface area (Å²) in [6.45, 7) is 0.798. The number of hydrogen-bond acceptors (Lipinski definition) is 4. The van der Waals surface area contributed by atoms with E-state index in [0.29, 0.717) is 24.5 Å². The molecule has 0 atom stereocenters. The lowest BCUT2D eigenvalue weighted by Gasteiger charge is -2.17. The second kappa shape index (κ2) is 6.96. The van der Waals surface area contributed by atoms with Crippen molar-refractivity contribution >= 4 is 23.2 Å². The lowest BCUT2D eigenvalue weighted by molar-refractivity contribution is -0.117. The number of hydrogen-bond donors (Lipinski definition) is 1. The Hall–Kier alpha value is -3.14. The van der Waals surface area contributed by atoms with E-state index in [1.807, 2.05) is 18.2 Å². The van der Waals surface area contributed by atoms with Gasteiger partial charge in [0.1, 0.15) is 12.4 Å². The molecule has 1 fully saturated rings. The first-order chi connectivity index (χ1) is 11.7. The van der Waals surface area contributed by atoms with Crippen molar-refractivity contribution in [2.75, 3.05) is 16.8 Å².